The Morgan fingerprint density at radius 3 is 2.61 bits per heavy atom. The van der Waals surface area contributed by atoms with Gasteiger partial charge in [0, 0.05) is 25.1 Å². The lowest BCUT2D eigenvalue weighted by atomic mass is 9.83. The number of rotatable bonds is 0. The SMILES string of the molecule is c1ccc2c(c1)CC1(CNCc3ccccc31)O2. The summed E-state index contributed by atoms with van der Waals surface area (Å²) in [5.41, 5.74) is 3.82. The molecule has 0 saturated heterocycles. The van der Waals surface area contributed by atoms with E-state index in [1.54, 1.807) is 0 Å². The summed E-state index contributed by atoms with van der Waals surface area (Å²) in [5.74, 6) is 1.04. The van der Waals surface area contributed by atoms with Gasteiger partial charge in [0.15, 0.2) is 5.60 Å². The molecule has 1 atom stereocenters. The average Bonchev–Trinajstić information content (AvgIpc) is 2.78. The van der Waals surface area contributed by atoms with Gasteiger partial charge in [-0.3, -0.25) is 0 Å². The van der Waals surface area contributed by atoms with E-state index in [-0.39, 0.29) is 5.60 Å². The maximum absolute atomic E-state index is 6.30. The van der Waals surface area contributed by atoms with Gasteiger partial charge in [-0.1, -0.05) is 42.5 Å². The van der Waals surface area contributed by atoms with Crippen molar-refractivity contribution in [1.82, 2.24) is 5.32 Å². The molecule has 1 unspecified atom stereocenters. The fourth-order valence-electron chi connectivity index (χ4n) is 3.17. The standard InChI is InChI=1S/C16H15NO/c1-3-7-14-13(6-1)10-17-11-16(14)9-12-5-2-4-8-15(12)18-16/h1-8,17H,9-11H2. The molecule has 1 spiro atoms. The van der Waals surface area contributed by atoms with Crippen LogP contribution >= 0.6 is 0 Å². The zero-order valence-electron chi connectivity index (χ0n) is 10.1. The van der Waals surface area contributed by atoms with Crippen molar-refractivity contribution in [2.75, 3.05) is 6.54 Å². The molecule has 0 saturated carbocycles. The third kappa shape index (κ3) is 1.33. The maximum atomic E-state index is 6.30. The van der Waals surface area contributed by atoms with Gasteiger partial charge in [-0.2, -0.15) is 0 Å². The van der Waals surface area contributed by atoms with Gasteiger partial charge in [0.2, 0.25) is 0 Å². The van der Waals surface area contributed by atoms with Crippen molar-refractivity contribution in [2.24, 2.45) is 0 Å². The molecule has 2 aliphatic heterocycles. The molecule has 4 rings (SSSR count). The number of benzene rings is 2. The molecule has 1 N–H and O–H groups in total. The first kappa shape index (κ1) is 10.2. The minimum Gasteiger partial charge on any atom is -0.481 e. The third-order valence-electron chi connectivity index (χ3n) is 3.99. The third-order valence-corrected chi connectivity index (χ3v) is 3.99. The summed E-state index contributed by atoms with van der Waals surface area (Å²) < 4.78 is 6.30. The highest BCUT2D eigenvalue weighted by atomic mass is 16.5. The Kier molecular flexibility index (Phi) is 2.03. The molecule has 0 aliphatic carbocycles. The largest absolute Gasteiger partial charge is 0.481 e. The van der Waals surface area contributed by atoms with E-state index in [2.05, 4.69) is 47.8 Å². The Morgan fingerprint density at radius 2 is 1.72 bits per heavy atom. The molecule has 90 valence electrons. The quantitative estimate of drug-likeness (QED) is 0.760. The first-order valence-electron chi connectivity index (χ1n) is 6.43. The fourth-order valence-corrected chi connectivity index (χ4v) is 3.17. The lowest BCUT2D eigenvalue weighted by Gasteiger charge is -2.35. The predicted molar refractivity (Wildman–Crippen MR) is 70.6 cm³/mol. The van der Waals surface area contributed by atoms with E-state index < -0.39 is 0 Å². The summed E-state index contributed by atoms with van der Waals surface area (Å²) in [6, 6.07) is 17.0. The number of para-hydroxylation sites is 1. The molecule has 0 aromatic heterocycles. The second kappa shape index (κ2) is 3.59. The molecule has 2 nitrogen and oxygen atoms in total. The number of hydrogen-bond donors (Lipinski definition) is 1. The van der Waals surface area contributed by atoms with Crippen molar-refractivity contribution in [3.05, 3.63) is 65.2 Å². The molecule has 0 fully saturated rings. The van der Waals surface area contributed by atoms with Crippen molar-refractivity contribution >= 4 is 0 Å². The summed E-state index contributed by atoms with van der Waals surface area (Å²) in [6.07, 6.45) is 0.965. The summed E-state index contributed by atoms with van der Waals surface area (Å²) in [6.45, 7) is 1.83. The van der Waals surface area contributed by atoms with E-state index in [1.165, 1.54) is 16.7 Å². The highest BCUT2D eigenvalue weighted by molar-refractivity contribution is 5.46. The number of fused-ring (bicyclic) bond motifs is 3. The number of hydrogen-bond acceptors (Lipinski definition) is 2. The van der Waals surface area contributed by atoms with E-state index in [1.807, 2.05) is 6.07 Å². The van der Waals surface area contributed by atoms with Crippen molar-refractivity contribution < 1.29 is 4.74 Å². The molecule has 2 aromatic rings. The highest BCUT2D eigenvalue weighted by Gasteiger charge is 2.43. The van der Waals surface area contributed by atoms with Crippen molar-refractivity contribution in [3.63, 3.8) is 0 Å². The van der Waals surface area contributed by atoms with Crippen LogP contribution in [0.4, 0.5) is 0 Å². The summed E-state index contributed by atoms with van der Waals surface area (Å²) in [4.78, 5) is 0. The van der Waals surface area contributed by atoms with Crippen LogP contribution in [0, 0.1) is 0 Å². The number of nitrogens with one attached hydrogen (secondary N) is 1. The normalized spacial score (nSPS) is 24.4. The molecule has 2 heteroatoms. The van der Waals surface area contributed by atoms with Gasteiger partial charge in [-0.05, 0) is 17.2 Å². The van der Waals surface area contributed by atoms with Crippen LogP contribution in [-0.4, -0.2) is 6.54 Å². The maximum Gasteiger partial charge on any atom is 0.151 e. The Hall–Kier alpha value is -1.80. The molecule has 2 aromatic carbocycles. The van der Waals surface area contributed by atoms with Gasteiger partial charge < -0.3 is 10.1 Å². The van der Waals surface area contributed by atoms with Crippen LogP contribution in [0.25, 0.3) is 0 Å². The smallest absolute Gasteiger partial charge is 0.151 e. The molecule has 18 heavy (non-hydrogen) atoms. The Morgan fingerprint density at radius 1 is 0.944 bits per heavy atom. The molecule has 0 bridgehead atoms. The summed E-state index contributed by atoms with van der Waals surface area (Å²) >= 11 is 0. The molecule has 2 aliphatic rings. The van der Waals surface area contributed by atoms with Gasteiger partial charge in [0.25, 0.3) is 0 Å². The van der Waals surface area contributed by atoms with Gasteiger partial charge in [-0.15, -0.1) is 0 Å². The van der Waals surface area contributed by atoms with E-state index in [0.29, 0.717) is 0 Å². The molecular formula is C16H15NO. The Labute approximate surface area is 107 Å². The second-order valence-corrected chi connectivity index (χ2v) is 5.14. The van der Waals surface area contributed by atoms with E-state index in [4.69, 9.17) is 4.74 Å². The van der Waals surface area contributed by atoms with Crippen molar-refractivity contribution in [2.45, 2.75) is 18.6 Å². The molecule has 2 heterocycles. The first-order valence-corrected chi connectivity index (χ1v) is 6.43. The van der Waals surface area contributed by atoms with Crippen LogP contribution in [0.15, 0.2) is 48.5 Å². The fraction of sp³-hybridized carbons (Fsp3) is 0.250. The van der Waals surface area contributed by atoms with E-state index in [0.717, 1.165) is 25.3 Å². The summed E-state index contributed by atoms with van der Waals surface area (Å²) in [5, 5.41) is 3.48. The lowest BCUT2D eigenvalue weighted by molar-refractivity contribution is 0.0827. The van der Waals surface area contributed by atoms with Crippen molar-refractivity contribution in [3.8, 4) is 5.75 Å². The van der Waals surface area contributed by atoms with Gasteiger partial charge >= 0.3 is 0 Å². The van der Waals surface area contributed by atoms with Crippen LogP contribution in [-0.2, 0) is 18.6 Å². The van der Waals surface area contributed by atoms with E-state index >= 15 is 0 Å². The first-order chi connectivity index (χ1) is 8.87. The number of ether oxygens (including phenoxy) is 1. The van der Waals surface area contributed by atoms with Gasteiger partial charge in [0.1, 0.15) is 5.75 Å². The highest BCUT2D eigenvalue weighted by Crippen LogP contribution is 2.43. The Balaban J connectivity index is 1.84. The molecule has 0 amide bonds. The Bertz CT molecular complexity index is 581. The predicted octanol–water partition coefficient (Wildman–Crippen LogP) is 2.62. The van der Waals surface area contributed by atoms with Crippen molar-refractivity contribution in [1.29, 1.82) is 0 Å². The van der Waals surface area contributed by atoms with Gasteiger partial charge in [0.05, 0.1) is 0 Å². The zero-order valence-corrected chi connectivity index (χ0v) is 10.1. The van der Waals surface area contributed by atoms with Gasteiger partial charge in [-0.25, -0.2) is 0 Å². The topological polar surface area (TPSA) is 21.3 Å². The lowest BCUT2D eigenvalue weighted by Crippen LogP contribution is -2.46. The van der Waals surface area contributed by atoms with Crippen LogP contribution in [0.2, 0.25) is 0 Å². The minimum absolute atomic E-state index is 0.196. The van der Waals surface area contributed by atoms with Crippen LogP contribution in [0.3, 0.4) is 0 Å². The van der Waals surface area contributed by atoms with Crippen LogP contribution in [0.5, 0.6) is 5.75 Å². The zero-order chi connectivity index (χ0) is 12.0. The summed E-state index contributed by atoms with van der Waals surface area (Å²) in [7, 11) is 0. The second-order valence-electron chi connectivity index (χ2n) is 5.14. The molecular weight excluding hydrogens is 222 g/mol. The van der Waals surface area contributed by atoms with Crippen LogP contribution in [0.1, 0.15) is 16.7 Å². The van der Waals surface area contributed by atoms with E-state index in [9.17, 15) is 0 Å². The van der Waals surface area contributed by atoms with Crippen LogP contribution < -0.4 is 10.1 Å². The minimum atomic E-state index is -0.196. The average molecular weight is 237 g/mol. The molecule has 0 radical (unpaired) electrons. The monoisotopic (exact) mass is 237 g/mol.